The van der Waals surface area contributed by atoms with Crippen molar-refractivity contribution in [2.45, 2.75) is 24.8 Å². The van der Waals surface area contributed by atoms with Gasteiger partial charge in [-0.05, 0) is 37.3 Å². The highest BCUT2D eigenvalue weighted by molar-refractivity contribution is 7.90. The number of carbonyl (C=O) groups excluding carboxylic acids is 2. The normalized spacial score (nSPS) is 16.7. The number of aliphatic imine (C=N–C) groups is 1. The predicted octanol–water partition coefficient (Wildman–Crippen LogP) is 2.32. The molecule has 0 aliphatic carbocycles. The molecule has 2 aromatic carbocycles. The number of fused-ring (bicyclic) bond motifs is 2. The Morgan fingerprint density at radius 2 is 1.93 bits per heavy atom. The smallest absolute Gasteiger partial charge is 0.263 e. The largest absolute Gasteiger partial charge is 0.326 e. The van der Waals surface area contributed by atoms with Gasteiger partial charge in [0.1, 0.15) is 11.9 Å². The number of sulfonamides is 1. The third kappa shape index (κ3) is 3.89. The molecule has 30 heavy (non-hydrogen) atoms. The van der Waals surface area contributed by atoms with Gasteiger partial charge in [-0.2, -0.15) is 0 Å². The van der Waals surface area contributed by atoms with E-state index in [9.17, 15) is 18.0 Å². The molecular weight excluding hydrogens is 426 g/mol. The molecule has 1 aliphatic heterocycles. The second-order valence-corrected chi connectivity index (χ2v) is 9.31. The molecule has 0 fully saturated rings. The molecule has 0 saturated carbocycles. The third-order valence-electron chi connectivity index (χ3n) is 4.30. The first-order valence-electron chi connectivity index (χ1n) is 8.92. The molecule has 1 aliphatic rings. The van der Waals surface area contributed by atoms with Crippen molar-refractivity contribution in [2.24, 2.45) is 4.99 Å². The summed E-state index contributed by atoms with van der Waals surface area (Å²) in [4.78, 5) is 32.5. The Hall–Kier alpha value is -3.31. The van der Waals surface area contributed by atoms with Crippen LogP contribution >= 0.6 is 11.3 Å². The summed E-state index contributed by atoms with van der Waals surface area (Å²) in [6.07, 6.45) is 0. The first kappa shape index (κ1) is 20.0. The maximum Gasteiger partial charge on any atom is 0.263 e. The number of amides is 2. The average Bonchev–Trinajstić information content (AvgIpc) is 3.19. The molecule has 11 heteroatoms. The highest BCUT2D eigenvalue weighted by Gasteiger charge is 2.31. The van der Waals surface area contributed by atoms with E-state index in [4.69, 9.17) is 0 Å². The minimum atomic E-state index is -3.67. The van der Waals surface area contributed by atoms with Crippen LogP contribution in [0.2, 0.25) is 0 Å². The molecule has 154 valence electrons. The van der Waals surface area contributed by atoms with Gasteiger partial charge in [-0.3, -0.25) is 19.3 Å². The molecule has 0 bridgehead atoms. The van der Waals surface area contributed by atoms with Crippen molar-refractivity contribution >= 4 is 60.0 Å². The second kappa shape index (κ2) is 7.50. The van der Waals surface area contributed by atoms with E-state index in [1.807, 2.05) is 0 Å². The van der Waals surface area contributed by atoms with Gasteiger partial charge in [0.2, 0.25) is 5.91 Å². The molecule has 0 saturated heterocycles. The van der Waals surface area contributed by atoms with Crippen molar-refractivity contribution < 1.29 is 18.0 Å². The quantitative estimate of drug-likeness (QED) is 0.570. The van der Waals surface area contributed by atoms with Crippen molar-refractivity contribution in [1.29, 1.82) is 0 Å². The Morgan fingerprint density at radius 1 is 1.17 bits per heavy atom. The van der Waals surface area contributed by atoms with Crippen molar-refractivity contribution in [3.8, 4) is 0 Å². The zero-order valence-corrected chi connectivity index (χ0v) is 17.6. The van der Waals surface area contributed by atoms with Gasteiger partial charge >= 0.3 is 0 Å². The van der Waals surface area contributed by atoms with E-state index in [0.29, 0.717) is 21.9 Å². The summed E-state index contributed by atoms with van der Waals surface area (Å²) in [5, 5.41) is 5.79. The molecule has 1 aromatic heterocycles. The SMILES string of the molecule is CC(=O)Nc1ccc2nc(NC(=O)[C@H](C)N=C3NS(=O)(=O)c4ccccc43)sc2c1. The Labute approximate surface area is 176 Å². The molecule has 3 aromatic rings. The van der Waals surface area contributed by atoms with E-state index >= 15 is 0 Å². The van der Waals surface area contributed by atoms with E-state index in [1.165, 1.54) is 24.3 Å². The Balaban J connectivity index is 1.53. The Kier molecular flexibility index (Phi) is 5.00. The first-order chi connectivity index (χ1) is 14.2. The summed E-state index contributed by atoms with van der Waals surface area (Å²) in [5.74, 6) is -0.464. The fourth-order valence-corrected chi connectivity index (χ4v) is 5.10. The van der Waals surface area contributed by atoms with Crippen LogP contribution in [0.4, 0.5) is 10.8 Å². The van der Waals surface area contributed by atoms with E-state index in [-0.39, 0.29) is 16.6 Å². The molecule has 0 spiro atoms. The number of benzene rings is 2. The fraction of sp³-hybridized carbons (Fsp3) is 0.158. The monoisotopic (exact) mass is 443 g/mol. The summed E-state index contributed by atoms with van der Waals surface area (Å²) in [5.41, 5.74) is 1.76. The van der Waals surface area contributed by atoms with Gasteiger partial charge in [-0.1, -0.05) is 23.5 Å². The maximum absolute atomic E-state index is 12.6. The van der Waals surface area contributed by atoms with Crippen LogP contribution in [0.3, 0.4) is 0 Å². The van der Waals surface area contributed by atoms with Crippen LogP contribution in [-0.2, 0) is 19.6 Å². The molecule has 2 amide bonds. The van der Waals surface area contributed by atoms with Gasteiger partial charge in [-0.25, -0.2) is 13.4 Å². The number of nitrogens with zero attached hydrogens (tertiary/aromatic N) is 2. The van der Waals surface area contributed by atoms with Gasteiger partial charge in [0.15, 0.2) is 5.13 Å². The summed E-state index contributed by atoms with van der Waals surface area (Å²) in [6.45, 7) is 2.99. The Bertz CT molecular complexity index is 1310. The van der Waals surface area contributed by atoms with E-state index in [0.717, 1.165) is 4.70 Å². The van der Waals surface area contributed by atoms with Crippen molar-refractivity contribution in [3.05, 3.63) is 48.0 Å². The summed E-state index contributed by atoms with van der Waals surface area (Å²) in [6, 6.07) is 10.9. The molecule has 4 rings (SSSR count). The maximum atomic E-state index is 12.6. The number of hydrogen-bond donors (Lipinski definition) is 3. The van der Waals surface area contributed by atoms with Crippen LogP contribution < -0.4 is 15.4 Å². The van der Waals surface area contributed by atoms with Crippen LogP contribution in [0.5, 0.6) is 0 Å². The summed E-state index contributed by atoms with van der Waals surface area (Å²) in [7, 11) is -3.67. The van der Waals surface area contributed by atoms with E-state index < -0.39 is 22.0 Å². The summed E-state index contributed by atoms with van der Waals surface area (Å²) < 4.78 is 27.5. The molecule has 3 N–H and O–H groups in total. The molecule has 9 nitrogen and oxygen atoms in total. The third-order valence-corrected chi connectivity index (χ3v) is 6.63. The van der Waals surface area contributed by atoms with Crippen LogP contribution in [-0.4, -0.2) is 37.1 Å². The number of anilines is 2. The van der Waals surface area contributed by atoms with Gasteiger partial charge in [0, 0.05) is 18.2 Å². The standard InChI is InChI=1S/C19H17N5O4S2/c1-10(20-17-13-5-3-4-6-16(13)30(27,28)24-17)18(26)23-19-22-14-8-7-12(21-11(2)25)9-15(14)29-19/h3-10H,1-2H3,(H,20,24)(H,21,25)(H,22,23,26)/t10-/m0/s1. The van der Waals surface area contributed by atoms with Crippen molar-refractivity contribution in [1.82, 2.24) is 9.71 Å². The fourth-order valence-electron chi connectivity index (χ4n) is 2.95. The van der Waals surface area contributed by atoms with E-state index in [2.05, 4.69) is 25.3 Å². The molecule has 1 atom stereocenters. The Morgan fingerprint density at radius 3 is 2.70 bits per heavy atom. The second-order valence-electron chi connectivity index (χ2n) is 6.63. The highest BCUT2D eigenvalue weighted by Crippen LogP contribution is 2.29. The predicted molar refractivity (Wildman–Crippen MR) is 115 cm³/mol. The number of hydrogen-bond acceptors (Lipinski definition) is 7. The number of aromatic nitrogens is 1. The number of amidine groups is 1. The number of nitrogens with one attached hydrogen (secondary N) is 3. The van der Waals surface area contributed by atoms with Crippen molar-refractivity contribution in [2.75, 3.05) is 10.6 Å². The van der Waals surface area contributed by atoms with Crippen LogP contribution in [0.15, 0.2) is 52.4 Å². The van der Waals surface area contributed by atoms with Crippen LogP contribution in [0.25, 0.3) is 10.2 Å². The minimum Gasteiger partial charge on any atom is -0.326 e. The number of rotatable bonds is 4. The zero-order valence-electron chi connectivity index (χ0n) is 16.0. The lowest BCUT2D eigenvalue weighted by atomic mass is 10.2. The number of thiazole rings is 1. The average molecular weight is 444 g/mol. The van der Waals surface area contributed by atoms with E-state index in [1.54, 1.807) is 43.3 Å². The first-order valence-corrected chi connectivity index (χ1v) is 11.2. The van der Waals surface area contributed by atoms with Gasteiger partial charge in [0.05, 0.1) is 15.1 Å². The molecule has 2 heterocycles. The van der Waals surface area contributed by atoms with Crippen LogP contribution in [0.1, 0.15) is 19.4 Å². The topological polar surface area (TPSA) is 130 Å². The van der Waals surface area contributed by atoms with Crippen LogP contribution in [0, 0.1) is 0 Å². The number of carbonyl (C=O) groups is 2. The lowest BCUT2D eigenvalue weighted by molar-refractivity contribution is -0.117. The molecule has 0 radical (unpaired) electrons. The van der Waals surface area contributed by atoms with Gasteiger partial charge in [0.25, 0.3) is 15.9 Å². The lowest BCUT2D eigenvalue weighted by Crippen LogP contribution is -2.28. The van der Waals surface area contributed by atoms with Crippen molar-refractivity contribution in [3.63, 3.8) is 0 Å². The lowest BCUT2D eigenvalue weighted by Gasteiger charge is -2.07. The van der Waals surface area contributed by atoms with Gasteiger partial charge < -0.3 is 10.6 Å². The van der Waals surface area contributed by atoms with Gasteiger partial charge in [-0.15, -0.1) is 0 Å². The minimum absolute atomic E-state index is 0.137. The summed E-state index contributed by atoms with van der Waals surface area (Å²) >= 11 is 1.26. The zero-order chi connectivity index (χ0) is 21.5. The molecular formula is C19H17N5O4S2. The molecule has 0 unspecified atom stereocenters. The highest BCUT2D eigenvalue weighted by atomic mass is 32.2.